The minimum atomic E-state index is 0.157. The van der Waals surface area contributed by atoms with Crippen molar-refractivity contribution in [3.63, 3.8) is 0 Å². The van der Waals surface area contributed by atoms with E-state index in [9.17, 15) is 4.79 Å². The maximum atomic E-state index is 12.2. The summed E-state index contributed by atoms with van der Waals surface area (Å²) in [6.45, 7) is 4.16. The third-order valence-corrected chi connectivity index (χ3v) is 6.41. The van der Waals surface area contributed by atoms with Crippen molar-refractivity contribution in [3.8, 4) is 5.75 Å². The van der Waals surface area contributed by atoms with E-state index < -0.39 is 0 Å². The lowest BCUT2D eigenvalue weighted by Crippen LogP contribution is -2.47. The van der Waals surface area contributed by atoms with Crippen LogP contribution in [-0.4, -0.2) is 42.5 Å². The molecule has 178 valence electrons. The first-order valence-corrected chi connectivity index (χ1v) is 12.0. The van der Waals surface area contributed by atoms with Gasteiger partial charge in [-0.05, 0) is 53.1 Å². The van der Waals surface area contributed by atoms with Crippen LogP contribution in [0.25, 0.3) is 10.9 Å². The Hall–Kier alpha value is -3.90. The van der Waals surface area contributed by atoms with Gasteiger partial charge in [0.05, 0.1) is 19.2 Å². The lowest BCUT2D eigenvalue weighted by Gasteiger charge is -2.28. The molecule has 2 heterocycles. The number of hydrogen-bond acceptors (Lipinski definition) is 5. The maximum absolute atomic E-state index is 12.2. The number of hydrogen-bond donors (Lipinski definition) is 1. The number of piperazine rings is 1. The summed E-state index contributed by atoms with van der Waals surface area (Å²) in [6, 6.07) is 27.3. The number of fused-ring (bicyclic) bond motifs is 1. The number of ether oxygens (including phenoxy) is 1. The van der Waals surface area contributed by atoms with Crippen molar-refractivity contribution in [2.45, 2.75) is 19.6 Å². The highest BCUT2D eigenvalue weighted by molar-refractivity contribution is 5.79. The Labute approximate surface area is 206 Å². The number of methoxy groups -OCH3 is 1. The molecule has 6 heteroatoms. The highest BCUT2D eigenvalue weighted by Gasteiger charge is 2.18. The van der Waals surface area contributed by atoms with Crippen molar-refractivity contribution < 1.29 is 9.53 Å². The maximum Gasteiger partial charge on any atom is 0.236 e. The van der Waals surface area contributed by atoms with Crippen molar-refractivity contribution in [2.24, 2.45) is 0 Å². The van der Waals surface area contributed by atoms with Gasteiger partial charge in [0.1, 0.15) is 5.75 Å². The number of amides is 1. The summed E-state index contributed by atoms with van der Waals surface area (Å²) in [5.41, 5.74) is 5.65. The molecule has 1 fully saturated rings. The van der Waals surface area contributed by atoms with Gasteiger partial charge in [0.15, 0.2) is 0 Å². The first kappa shape index (κ1) is 22.9. The average molecular weight is 467 g/mol. The molecule has 0 unspecified atom stereocenters. The van der Waals surface area contributed by atoms with Crippen LogP contribution in [0.4, 0.5) is 5.69 Å². The summed E-state index contributed by atoms with van der Waals surface area (Å²) in [4.78, 5) is 21.0. The summed E-state index contributed by atoms with van der Waals surface area (Å²) < 4.78 is 5.44. The van der Waals surface area contributed by atoms with Crippen molar-refractivity contribution in [2.75, 3.05) is 31.6 Å². The van der Waals surface area contributed by atoms with Crippen LogP contribution in [0, 0.1) is 0 Å². The van der Waals surface area contributed by atoms with Crippen LogP contribution in [0.1, 0.15) is 16.7 Å². The molecule has 4 aromatic rings. The van der Waals surface area contributed by atoms with Crippen molar-refractivity contribution in [3.05, 3.63) is 102 Å². The smallest absolute Gasteiger partial charge is 0.236 e. The monoisotopic (exact) mass is 466 g/mol. The molecule has 0 radical (unpaired) electrons. The Kier molecular flexibility index (Phi) is 6.91. The molecule has 1 amide bonds. The van der Waals surface area contributed by atoms with Crippen LogP contribution in [0.5, 0.6) is 5.75 Å². The number of pyridine rings is 1. The summed E-state index contributed by atoms with van der Waals surface area (Å²) in [5.74, 6) is 1.01. The highest BCUT2D eigenvalue weighted by atomic mass is 16.5. The zero-order valence-electron chi connectivity index (χ0n) is 20.0. The van der Waals surface area contributed by atoms with Crippen LogP contribution in [0.15, 0.2) is 85.1 Å². The fourth-order valence-corrected chi connectivity index (χ4v) is 4.51. The quantitative estimate of drug-likeness (QED) is 0.418. The molecule has 1 aliphatic heterocycles. The van der Waals surface area contributed by atoms with Gasteiger partial charge in [-0.15, -0.1) is 0 Å². The number of carbonyl (C=O) groups is 1. The predicted octanol–water partition coefficient (Wildman–Crippen LogP) is 4.38. The number of aromatic nitrogens is 1. The lowest BCUT2D eigenvalue weighted by atomic mass is 10.1. The number of carbonyl (C=O) groups excluding carboxylic acids is 1. The van der Waals surface area contributed by atoms with E-state index in [1.165, 1.54) is 11.1 Å². The Morgan fingerprint density at radius 1 is 0.943 bits per heavy atom. The molecule has 1 aromatic heterocycles. The molecule has 3 aromatic carbocycles. The van der Waals surface area contributed by atoms with E-state index in [1.807, 2.05) is 29.3 Å². The summed E-state index contributed by atoms with van der Waals surface area (Å²) >= 11 is 0. The predicted molar refractivity (Wildman–Crippen MR) is 139 cm³/mol. The summed E-state index contributed by atoms with van der Waals surface area (Å²) in [5, 5.41) is 4.27. The van der Waals surface area contributed by atoms with Crippen LogP contribution in [0.2, 0.25) is 0 Å². The topological polar surface area (TPSA) is 57.7 Å². The molecule has 0 bridgehead atoms. The van der Waals surface area contributed by atoms with E-state index in [2.05, 4.69) is 75.9 Å². The van der Waals surface area contributed by atoms with Gasteiger partial charge in [-0.3, -0.25) is 9.78 Å². The number of nitrogens with zero attached hydrogens (tertiary/aromatic N) is 3. The first-order chi connectivity index (χ1) is 17.2. The molecular weight excluding hydrogens is 436 g/mol. The van der Waals surface area contributed by atoms with Crippen LogP contribution in [-0.2, 0) is 24.4 Å². The van der Waals surface area contributed by atoms with E-state index in [0.29, 0.717) is 13.1 Å². The second-order valence-electron chi connectivity index (χ2n) is 8.90. The minimum Gasteiger partial charge on any atom is -0.497 e. The highest BCUT2D eigenvalue weighted by Crippen LogP contribution is 2.24. The normalized spacial score (nSPS) is 13.7. The number of benzene rings is 3. The van der Waals surface area contributed by atoms with Crippen molar-refractivity contribution in [1.29, 1.82) is 0 Å². The summed E-state index contributed by atoms with van der Waals surface area (Å²) in [6.07, 6.45) is 1.84. The molecule has 35 heavy (non-hydrogen) atoms. The van der Waals surface area contributed by atoms with E-state index in [1.54, 1.807) is 7.11 Å². The molecule has 0 spiro atoms. The van der Waals surface area contributed by atoms with E-state index in [4.69, 9.17) is 4.74 Å². The minimum absolute atomic E-state index is 0.157. The molecule has 0 atom stereocenters. The molecule has 1 N–H and O–H groups in total. The molecule has 5 rings (SSSR count). The Balaban J connectivity index is 1.39. The van der Waals surface area contributed by atoms with Gasteiger partial charge in [0.25, 0.3) is 0 Å². The number of rotatable bonds is 8. The fraction of sp³-hybridized carbons (Fsp3) is 0.241. The SMILES string of the molecule is COc1cccc(CN(Cc2ccc3cccnc3c2)c2ccc(CN3CCNCC3=O)cc2)c1. The van der Waals surface area contributed by atoms with E-state index in [-0.39, 0.29) is 5.91 Å². The van der Waals surface area contributed by atoms with Gasteiger partial charge >= 0.3 is 0 Å². The van der Waals surface area contributed by atoms with Crippen LogP contribution >= 0.6 is 0 Å². The van der Waals surface area contributed by atoms with Gasteiger partial charge < -0.3 is 19.9 Å². The molecule has 6 nitrogen and oxygen atoms in total. The molecule has 0 saturated carbocycles. The van der Waals surface area contributed by atoms with Gasteiger partial charge in [-0.25, -0.2) is 0 Å². The van der Waals surface area contributed by atoms with Gasteiger partial charge in [0, 0.05) is 50.0 Å². The second-order valence-corrected chi connectivity index (χ2v) is 8.90. The Morgan fingerprint density at radius 2 is 1.74 bits per heavy atom. The summed E-state index contributed by atoms with van der Waals surface area (Å²) in [7, 11) is 1.70. The fourth-order valence-electron chi connectivity index (χ4n) is 4.51. The van der Waals surface area contributed by atoms with E-state index >= 15 is 0 Å². The Bertz CT molecular complexity index is 1310. The number of anilines is 1. The van der Waals surface area contributed by atoms with E-state index in [0.717, 1.165) is 54.1 Å². The average Bonchev–Trinajstić information content (AvgIpc) is 2.90. The Morgan fingerprint density at radius 3 is 2.54 bits per heavy atom. The molecule has 1 aliphatic rings. The first-order valence-electron chi connectivity index (χ1n) is 12.0. The molecular formula is C29H30N4O2. The second kappa shape index (κ2) is 10.6. The van der Waals surface area contributed by atoms with Crippen molar-refractivity contribution in [1.82, 2.24) is 15.2 Å². The molecule has 0 aliphatic carbocycles. The lowest BCUT2D eigenvalue weighted by molar-refractivity contribution is -0.132. The zero-order chi connectivity index (χ0) is 24.0. The largest absolute Gasteiger partial charge is 0.497 e. The third-order valence-electron chi connectivity index (χ3n) is 6.41. The van der Waals surface area contributed by atoms with Crippen LogP contribution < -0.4 is 15.0 Å². The zero-order valence-corrected chi connectivity index (χ0v) is 20.0. The van der Waals surface area contributed by atoms with Crippen molar-refractivity contribution >= 4 is 22.5 Å². The number of nitrogens with one attached hydrogen (secondary N) is 1. The molecule has 1 saturated heterocycles. The standard InChI is InChI=1S/C29H30N4O2/c1-35-27-6-2-4-23(16-27)20-33(21-24-7-10-25-5-3-13-31-28(25)17-24)26-11-8-22(9-12-26)19-32-15-14-30-18-29(32)34/h2-13,16-17,30H,14-15,18-21H2,1H3. The third kappa shape index (κ3) is 5.61. The van der Waals surface area contributed by atoms with Gasteiger partial charge in [-0.2, -0.15) is 0 Å². The van der Waals surface area contributed by atoms with Gasteiger partial charge in [-0.1, -0.05) is 42.5 Å². The van der Waals surface area contributed by atoms with Gasteiger partial charge in [0.2, 0.25) is 5.91 Å². The van der Waals surface area contributed by atoms with Crippen LogP contribution in [0.3, 0.4) is 0 Å².